The van der Waals surface area contributed by atoms with Gasteiger partial charge in [0.2, 0.25) is 0 Å². The lowest BCUT2D eigenvalue weighted by Crippen LogP contribution is -2.24. The van der Waals surface area contributed by atoms with Crippen LogP contribution in [0.5, 0.6) is 0 Å². The topological polar surface area (TPSA) is 111 Å². The molecule has 1 unspecified atom stereocenters. The van der Waals surface area contributed by atoms with E-state index in [1.54, 1.807) is 13.8 Å². The predicted molar refractivity (Wildman–Crippen MR) is 125 cm³/mol. The standard InChI is InChI=1S/C26H28N2O6/c1-16-23(27-26(31)33-17(2)20-6-4-3-5-7-20)24(34-28-16)21-12-10-19(11-13-21)15-32-22(25(29)30)14-18-8-9-18/h3-7,10-13,17-18,22H,8-9,14-15H2,1-2H3,(H,27,31)(H,29,30)/t17?,22-/m0/s1. The zero-order valence-electron chi connectivity index (χ0n) is 19.2. The number of anilines is 1. The molecule has 0 aliphatic heterocycles. The summed E-state index contributed by atoms with van der Waals surface area (Å²) in [6, 6.07) is 16.8. The Morgan fingerprint density at radius 2 is 1.85 bits per heavy atom. The van der Waals surface area contributed by atoms with Crippen LogP contribution < -0.4 is 5.32 Å². The van der Waals surface area contributed by atoms with Crippen LogP contribution >= 0.6 is 0 Å². The molecule has 1 fully saturated rings. The van der Waals surface area contributed by atoms with Gasteiger partial charge in [-0.15, -0.1) is 0 Å². The Bertz CT molecular complexity index is 1120. The summed E-state index contributed by atoms with van der Waals surface area (Å²) in [6.07, 6.45) is 0.895. The minimum Gasteiger partial charge on any atom is -0.479 e. The van der Waals surface area contributed by atoms with E-state index in [4.69, 9.17) is 14.0 Å². The molecule has 1 heterocycles. The molecule has 8 heteroatoms. The number of carboxylic acid groups (broad SMARTS) is 1. The number of nitrogens with zero attached hydrogens (tertiary/aromatic N) is 1. The van der Waals surface area contributed by atoms with Gasteiger partial charge in [0.1, 0.15) is 17.5 Å². The van der Waals surface area contributed by atoms with Crippen molar-refractivity contribution in [3.8, 4) is 11.3 Å². The first kappa shape index (κ1) is 23.5. The van der Waals surface area contributed by atoms with Crippen LogP contribution in [0.1, 0.15) is 49.1 Å². The molecule has 178 valence electrons. The molecule has 1 amide bonds. The number of benzene rings is 2. The quantitative estimate of drug-likeness (QED) is 0.394. The molecule has 0 spiro atoms. The first-order valence-electron chi connectivity index (χ1n) is 11.3. The van der Waals surface area contributed by atoms with E-state index in [9.17, 15) is 14.7 Å². The van der Waals surface area contributed by atoms with E-state index in [-0.39, 0.29) is 6.61 Å². The van der Waals surface area contributed by atoms with Gasteiger partial charge in [0, 0.05) is 5.56 Å². The molecule has 2 N–H and O–H groups in total. The number of ether oxygens (including phenoxy) is 2. The Morgan fingerprint density at radius 3 is 2.50 bits per heavy atom. The summed E-state index contributed by atoms with van der Waals surface area (Å²) in [7, 11) is 0. The molecule has 0 radical (unpaired) electrons. The molecule has 2 aromatic carbocycles. The van der Waals surface area contributed by atoms with Crippen molar-refractivity contribution in [2.24, 2.45) is 5.92 Å². The third kappa shape index (κ3) is 6.02. The van der Waals surface area contributed by atoms with Crippen molar-refractivity contribution in [3.63, 3.8) is 0 Å². The molecule has 1 aliphatic carbocycles. The number of carbonyl (C=O) groups is 2. The lowest BCUT2D eigenvalue weighted by atomic mass is 10.1. The smallest absolute Gasteiger partial charge is 0.412 e. The summed E-state index contributed by atoms with van der Waals surface area (Å²) < 4.78 is 16.6. The second-order valence-corrected chi connectivity index (χ2v) is 8.57. The van der Waals surface area contributed by atoms with Gasteiger partial charge in [-0.3, -0.25) is 5.32 Å². The molecule has 0 bridgehead atoms. The molecule has 8 nitrogen and oxygen atoms in total. The van der Waals surface area contributed by atoms with Gasteiger partial charge < -0.3 is 19.1 Å². The Kier molecular flexibility index (Phi) is 7.27. The fourth-order valence-electron chi connectivity index (χ4n) is 3.64. The number of aromatic nitrogens is 1. The molecule has 4 rings (SSSR count). The minimum absolute atomic E-state index is 0.203. The van der Waals surface area contributed by atoms with Crippen LogP contribution in [-0.2, 0) is 20.9 Å². The first-order valence-corrected chi connectivity index (χ1v) is 11.3. The average Bonchev–Trinajstić information content (AvgIpc) is 3.59. The highest BCUT2D eigenvalue weighted by atomic mass is 16.6. The summed E-state index contributed by atoms with van der Waals surface area (Å²) in [4.78, 5) is 23.9. The van der Waals surface area contributed by atoms with Crippen molar-refractivity contribution in [2.75, 3.05) is 5.32 Å². The van der Waals surface area contributed by atoms with Crippen molar-refractivity contribution in [2.45, 2.75) is 51.9 Å². The maximum atomic E-state index is 12.5. The molecule has 3 aromatic rings. The van der Waals surface area contributed by atoms with Crippen molar-refractivity contribution in [1.82, 2.24) is 5.16 Å². The van der Waals surface area contributed by atoms with Gasteiger partial charge in [0.15, 0.2) is 11.9 Å². The van der Waals surface area contributed by atoms with Crippen LogP contribution in [0.25, 0.3) is 11.3 Å². The number of amides is 1. The largest absolute Gasteiger partial charge is 0.479 e. The zero-order valence-corrected chi connectivity index (χ0v) is 19.2. The minimum atomic E-state index is -0.926. The van der Waals surface area contributed by atoms with E-state index >= 15 is 0 Å². The normalized spacial score (nSPS) is 14.9. The molecule has 1 saturated carbocycles. The van der Waals surface area contributed by atoms with Crippen LogP contribution in [0.4, 0.5) is 10.5 Å². The number of nitrogens with one attached hydrogen (secondary N) is 1. The van der Waals surface area contributed by atoms with E-state index in [0.717, 1.165) is 24.0 Å². The van der Waals surface area contributed by atoms with Crippen molar-refractivity contribution in [3.05, 3.63) is 71.4 Å². The monoisotopic (exact) mass is 464 g/mol. The number of rotatable bonds is 10. The van der Waals surface area contributed by atoms with E-state index in [1.165, 1.54) is 0 Å². The van der Waals surface area contributed by atoms with Gasteiger partial charge >= 0.3 is 12.1 Å². The number of aliphatic carboxylic acids is 1. The van der Waals surface area contributed by atoms with Gasteiger partial charge in [-0.1, -0.05) is 72.6 Å². The van der Waals surface area contributed by atoms with E-state index in [0.29, 0.717) is 35.0 Å². The van der Waals surface area contributed by atoms with Gasteiger partial charge in [-0.2, -0.15) is 0 Å². The average molecular weight is 465 g/mol. The Hall–Kier alpha value is -3.65. The van der Waals surface area contributed by atoms with Gasteiger partial charge in [0.05, 0.1) is 6.61 Å². The maximum Gasteiger partial charge on any atom is 0.412 e. The summed E-state index contributed by atoms with van der Waals surface area (Å²) in [5, 5.41) is 16.1. The van der Waals surface area contributed by atoms with Crippen LogP contribution in [0.2, 0.25) is 0 Å². The highest BCUT2D eigenvalue weighted by Crippen LogP contribution is 2.35. The molecular weight excluding hydrogens is 436 g/mol. The second-order valence-electron chi connectivity index (χ2n) is 8.57. The number of aryl methyl sites for hydroxylation is 1. The van der Waals surface area contributed by atoms with E-state index < -0.39 is 24.3 Å². The third-order valence-corrected chi connectivity index (χ3v) is 5.83. The van der Waals surface area contributed by atoms with Crippen LogP contribution in [-0.4, -0.2) is 28.4 Å². The number of carboxylic acids is 1. The van der Waals surface area contributed by atoms with E-state index in [2.05, 4.69) is 10.5 Å². The van der Waals surface area contributed by atoms with Gasteiger partial charge in [0.25, 0.3) is 0 Å². The lowest BCUT2D eigenvalue weighted by molar-refractivity contribution is -0.152. The zero-order chi connectivity index (χ0) is 24.1. The molecular formula is C26H28N2O6. The molecule has 1 aliphatic rings. The fourth-order valence-corrected chi connectivity index (χ4v) is 3.64. The van der Waals surface area contributed by atoms with Crippen LogP contribution in [0.3, 0.4) is 0 Å². The maximum absolute atomic E-state index is 12.5. The van der Waals surface area contributed by atoms with Gasteiger partial charge in [-0.25, -0.2) is 9.59 Å². The molecule has 0 saturated heterocycles. The summed E-state index contributed by atoms with van der Waals surface area (Å²) in [6.45, 7) is 3.74. The first-order chi connectivity index (χ1) is 16.4. The van der Waals surface area contributed by atoms with Crippen molar-refractivity contribution < 1.29 is 28.7 Å². The highest BCUT2D eigenvalue weighted by Gasteiger charge is 2.29. The molecule has 34 heavy (non-hydrogen) atoms. The van der Waals surface area contributed by atoms with Crippen molar-refractivity contribution in [1.29, 1.82) is 0 Å². The number of hydrogen-bond donors (Lipinski definition) is 2. The highest BCUT2D eigenvalue weighted by molar-refractivity contribution is 5.90. The van der Waals surface area contributed by atoms with Crippen LogP contribution in [0, 0.1) is 12.8 Å². The number of carbonyl (C=O) groups excluding carboxylic acids is 1. The van der Waals surface area contributed by atoms with Gasteiger partial charge in [-0.05, 0) is 37.3 Å². The van der Waals surface area contributed by atoms with Crippen LogP contribution in [0.15, 0.2) is 59.1 Å². The summed E-state index contributed by atoms with van der Waals surface area (Å²) >= 11 is 0. The fraction of sp³-hybridized carbons (Fsp3) is 0.346. The van der Waals surface area contributed by atoms with Crippen molar-refractivity contribution >= 4 is 17.7 Å². The molecule has 2 atom stereocenters. The SMILES string of the molecule is Cc1noc(-c2ccc(CO[C@@H](CC3CC3)C(=O)O)cc2)c1NC(=O)OC(C)c1ccccc1. The Balaban J connectivity index is 1.39. The Morgan fingerprint density at radius 1 is 1.15 bits per heavy atom. The summed E-state index contributed by atoms with van der Waals surface area (Å²) in [5.74, 6) is -0.0530. The third-order valence-electron chi connectivity index (χ3n) is 5.83. The summed E-state index contributed by atoms with van der Waals surface area (Å²) in [5.41, 5.74) is 3.40. The molecule has 1 aromatic heterocycles. The number of hydrogen-bond acceptors (Lipinski definition) is 6. The second kappa shape index (κ2) is 10.5. The Labute approximate surface area is 197 Å². The van der Waals surface area contributed by atoms with E-state index in [1.807, 2.05) is 54.6 Å². The lowest BCUT2D eigenvalue weighted by Gasteiger charge is -2.14. The predicted octanol–water partition coefficient (Wildman–Crippen LogP) is 5.73.